The molecule has 5 N–H and O–H groups in total. The number of fused-ring (bicyclic) bond motifs is 2. The zero-order valence-electron chi connectivity index (χ0n) is 18.1. The lowest BCUT2D eigenvalue weighted by atomic mass is 9.96. The Morgan fingerprint density at radius 1 is 0.676 bits per heavy atom. The van der Waals surface area contributed by atoms with Crippen molar-refractivity contribution in [2.45, 2.75) is 13.8 Å². The van der Waals surface area contributed by atoms with Crippen LogP contribution in [0.2, 0.25) is 0 Å². The van der Waals surface area contributed by atoms with Gasteiger partial charge in [0.15, 0.2) is 16.8 Å². The van der Waals surface area contributed by atoms with Crippen molar-refractivity contribution in [2.75, 3.05) is 0 Å². The fourth-order valence-corrected chi connectivity index (χ4v) is 4.29. The van der Waals surface area contributed by atoms with Gasteiger partial charge in [-0.05, 0) is 49.2 Å². The summed E-state index contributed by atoms with van der Waals surface area (Å²) in [6.45, 7) is 3.35. The number of aromatic hydroxyl groups is 5. The fourth-order valence-electron chi connectivity index (χ4n) is 4.29. The maximum absolute atomic E-state index is 12.8. The zero-order chi connectivity index (χ0) is 24.3. The molecule has 1 aliphatic carbocycles. The molecule has 3 aromatic carbocycles. The molecule has 0 amide bonds. The highest BCUT2D eigenvalue weighted by molar-refractivity contribution is 5.89. The van der Waals surface area contributed by atoms with Gasteiger partial charge in [0.25, 0.3) is 0 Å². The van der Waals surface area contributed by atoms with Crippen molar-refractivity contribution < 1.29 is 29.9 Å². The lowest BCUT2D eigenvalue weighted by Gasteiger charge is -2.14. The van der Waals surface area contributed by atoms with E-state index >= 15 is 0 Å². The minimum absolute atomic E-state index is 0.105. The molecule has 0 bridgehead atoms. The highest BCUT2D eigenvalue weighted by Crippen LogP contribution is 2.42. The van der Waals surface area contributed by atoms with Gasteiger partial charge in [-0.2, -0.15) is 0 Å². The van der Waals surface area contributed by atoms with Crippen molar-refractivity contribution in [3.05, 3.63) is 69.9 Å². The first-order valence-electron chi connectivity index (χ1n) is 10.3. The van der Waals surface area contributed by atoms with E-state index in [1.807, 2.05) is 0 Å². The van der Waals surface area contributed by atoms with Crippen molar-refractivity contribution in [3.63, 3.8) is 0 Å². The van der Waals surface area contributed by atoms with Crippen LogP contribution >= 0.6 is 0 Å². The molecule has 0 saturated heterocycles. The largest absolute Gasteiger partial charge is 0.508 e. The molecule has 0 fully saturated rings. The predicted octanol–water partition coefficient (Wildman–Crippen LogP) is 4.77. The number of phenols is 5. The summed E-state index contributed by atoms with van der Waals surface area (Å²) in [7, 11) is 0. The van der Waals surface area contributed by atoms with Gasteiger partial charge >= 0.3 is 0 Å². The third kappa shape index (κ3) is 3.32. The maximum Gasteiger partial charge on any atom is 0.190 e. The van der Waals surface area contributed by atoms with Gasteiger partial charge in [0.1, 0.15) is 40.0 Å². The Morgan fingerprint density at radius 2 is 1.26 bits per heavy atom. The molecule has 0 spiro atoms. The first kappa shape index (κ1) is 21.1. The van der Waals surface area contributed by atoms with Gasteiger partial charge in [0, 0.05) is 46.5 Å². The molecule has 3 aromatic rings. The van der Waals surface area contributed by atoms with E-state index in [9.17, 15) is 30.3 Å². The van der Waals surface area contributed by atoms with Crippen molar-refractivity contribution in [3.8, 4) is 62.5 Å². The van der Waals surface area contributed by atoms with Crippen LogP contribution < -0.4 is 5.43 Å². The summed E-state index contributed by atoms with van der Waals surface area (Å²) < 4.78 is 5.82. The highest BCUT2D eigenvalue weighted by Gasteiger charge is 2.20. The number of benzene rings is 4. The van der Waals surface area contributed by atoms with Crippen LogP contribution in [0.15, 0.2) is 57.7 Å². The van der Waals surface area contributed by atoms with Crippen LogP contribution in [0.25, 0.3) is 44.8 Å². The van der Waals surface area contributed by atoms with Crippen LogP contribution in [0.1, 0.15) is 11.1 Å². The molecule has 8 nitrogen and oxygen atoms in total. The lowest BCUT2D eigenvalue weighted by molar-refractivity contribution is 0.449. The van der Waals surface area contributed by atoms with Crippen molar-refractivity contribution in [1.82, 2.24) is 4.98 Å². The molecule has 0 unspecified atom stereocenters. The second-order valence-electron chi connectivity index (χ2n) is 8.18. The Morgan fingerprint density at radius 3 is 1.85 bits per heavy atom. The lowest BCUT2D eigenvalue weighted by Crippen LogP contribution is -2.07. The normalized spacial score (nSPS) is 11.4. The minimum Gasteiger partial charge on any atom is -0.508 e. The summed E-state index contributed by atoms with van der Waals surface area (Å²) in [6.07, 6.45) is 0. The molecule has 2 aliphatic rings. The summed E-state index contributed by atoms with van der Waals surface area (Å²) in [5.74, 6) is -0.658. The molecular formula is C26H19NO7. The monoisotopic (exact) mass is 457 g/mol. The number of nitrogens with zero attached hydrogens (tertiary/aromatic N) is 1. The standard InChI is InChI=1S/C26H19NO7/c1-11-3-13(28)5-21(32)25(11)15-7-17-23(9-19(15)30)34-24-10-20(31)16(8-18(24)27-17)26-12(2)4-14(29)6-22(26)33/h3-10,28-30,32-33H,1-2H3. The summed E-state index contributed by atoms with van der Waals surface area (Å²) in [6, 6.07) is 10.9. The Bertz CT molecular complexity index is 1610. The molecule has 8 heteroatoms. The number of phenolic OH excluding ortho intramolecular Hbond substituents is 5. The van der Waals surface area contributed by atoms with Crippen molar-refractivity contribution in [2.24, 2.45) is 0 Å². The number of hydrogen-bond donors (Lipinski definition) is 5. The van der Waals surface area contributed by atoms with Gasteiger partial charge in [-0.1, -0.05) is 0 Å². The smallest absolute Gasteiger partial charge is 0.190 e. The van der Waals surface area contributed by atoms with Gasteiger partial charge in [-0.3, -0.25) is 4.79 Å². The van der Waals surface area contributed by atoms with E-state index in [0.717, 1.165) is 6.07 Å². The van der Waals surface area contributed by atoms with Crippen LogP contribution in [0, 0.1) is 13.8 Å². The topological polar surface area (TPSA) is 144 Å². The average molecular weight is 457 g/mol. The molecule has 0 aromatic heterocycles. The van der Waals surface area contributed by atoms with E-state index in [4.69, 9.17) is 4.42 Å². The van der Waals surface area contributed by atoms with Crippen LogP contribution in [-0.4, -0.2) is 30.5 Å². The van der Waals surface area contributed by atoms with Gasteiger partial charge in [-0.25, -0.2) is 4.98 Å². The number of rotatable bonds is 2. The van der Waals surface area contributed by atoms with Crippen molar-refractivity contribution >= 4 is 11.1 Å². The Hall–Kier alpha value is -4.72. The van der Waals surface area contributed by atoms with Gasteiger partial charge < -0.3 is 29.9 Å². The third-order valence-electron chi connectivity index (χ3n) is 5.74. The number of hydrogen-bond acceptors (Lipinski definition) is 8. The molecule has 1 heterocycles. The quantitative estimate of drug-likeness (QED) is 0.238. The van der Waals surface area contributed by atoms with Crippen LogP contribution in [0.4, 0.5) is 0 Å². The van der Waals surface area contributed by atoms with E-state index in [-0.39, 0.29) is 56.8 Å². The van der Waals surface area contributed by atoms with Crippen molar-refractivity contribution in [1.29, 1.82) is 0 Å². The molecule has 34 heavy (non-hydrogen) atoms. The van der Waals surface area contributed by atoms with Gasteiger partial charge in [0.05, 0.1) is 0 Å². The SMILES string of the molecule is Cc1cc(O)cc(O)c1-c1cc2nc3cc(-c4c(C)cc(O)cc4O)c(=O)cc-3oc2cc1O. The van der Waals surface area contributed by atoms with E-state index in [1.165, 1.54) is 36.4 Å². The molecular weight excluding hydrogens is 438 g/mol. The molecule has 170 valence electrons. The van der Waals surface area contributed by atoms with Gasteiger partial charge in [0.2, 0.25) is 0 Å². The van der Waals surface area contributed by atoms with Crippen LogP contribution in [0.5, 0.6) is 28.7 Å². The third-order valence-corrected chi connectivity index (χ3v) is 5.74. The maximum atomic E-state index is 12.8. The minimum atomic E-state index is -0.410. The second kappa shape index (κ2) is 7.41. The zero-order valence-corrected chi connectivity index (χ0v) is 18.1. The summed E-state index contributed by atoms with van der Waals surface area (Å²) >= 11 is 0. The highest BCUT2D eigenvalue weighted by atomic mass is 16.3. The molecule has 0 saturated carbocycles. The summed E-state index contributed by atoms with van der Waals surface area (Å²) in [5, 5.41) is 50.7. The summed E-state index contributed by atoms with van der Waals surface area (Å²) in [5.41, 5.74) is 2.64. The first-order valence-corrected chi connectivity index (χ1v) is 10.3. The van der Waals surface area contributed by atoms with Gasteiger partial charge in [-0.15, -0.1) is 0 Å². The molecule has 0 atom stereocenters. The Labute approximate surface area is 192 Å². The second-order valence-corrected chi connectivity index (χ2v) is 8.18. The Kier molecular flexibility index (Phi) is 4.61. The van der Waals surface area contributed by atoms with E-state index in [0.29, 0.717) is 27.9 Å². The average Bonchev–Trinajstić information content (AvgIpc) is 2.72. The molecule has 0 radical (unpaired) electrons. The van der Waals surface area contributed by atoms with Crippen LogP contribution in [0.3, 0.4) is 0 Å². The van der Waals surface area contributed by atoms with Crippen LogP contribution in [-0.2, 0) is 0 Å². The summed E-state index contributed by atoms with van der Waals surface area (Å²) in [4.78, 5) is 17.4. The first-order chi connectivity index (χ1) is 16.1. The fraction of sp³-hybridized carbons (Fsp3) is 0.0769. The number of aromatic nitrogens is 1. The number of aryl methyl sites for hydroxylation is 2. The molecule has 1 aliphatic heterocycles. The molecule has 5 rings (SSSR count). The van der Waals surface area contributed by atoms with E-state index in [2.05, 4.69) is 4.98 Å². The van der Waals surface area contributed by atoms with E-state index < -0.39 is 5.43 Å². The Balaban J connectivity index is 1.76. The van der Waals surface area contributed by atoms with E-state index in [1.54, 1.807) is 19.9 Å². The predicted molar refractivity (Wildman–Crippen MR) is 126 cm³/mol.